The van der Waals surface area contributed by atoms with Crippen molar-refractivity contribution in [1.82, 2.24) is 4.72 Å². The van der Waals surface area contributed by atoms with Gasteiger partial charge in [0.1, 0.15) is 11.6 Å². The highest BCUT2D eigenvalue weighted by atomic mass is 32.2. The Morgan fingerprint density at radius 2 is 1.73 bits per heavy atom. The van der Waals surface area contributed by atoms with Gasteiger partial charge in [0.25, 0.3) is 0 Å². The van der Waals surface area contributed by atoms with Crippen molar-refractivity contribution >= 4 is 21.8 Å². The molecule has 1 heterocycles. The van der Waals surface area contributed by atoms with Gasteiger partial charge in [0, 0.05) is 10.9 Å². The van der Waals surface area contributed by atoms with Crippen LogP contribution >= 0.6 is 11.8 Å². The Labute approximate surface area is 131 Å². The van der Waals surface area contributed by atoms with Crippen LogP contribution in [-0.2, 0) is 10.0 Å². The summed E-state index contributed by atoms with van der Waals surface area (Å²) in [6.45, 7) is 0. The van der Waals surface area contributed by atoms with Crippen molar-refractivity contribution in [3.05, 3.63) is 59.7 Å². The Balaban J connectivity index is 1.91. The van der Waals surface area contributed by atoms with Crippen LogP contribution in [-0.4, -0.2) is 14.2 Å². The molecule has 0 bridgehead atoms. The Kier molecular flexibility index (Phi) is 4.20. The van der Waals surface area contributed by atoms with Crippen molar-refractivity contribution in [1.29, 1.82) is 0 Å². The van der Waals surface area contributed by atoms with Crippen LogP contribution in [0.1, 0.15) is 18.0 Å². The van der Waals surface area contributed by atoms with Gasteiger partial charge in [0.2, 0.25) is 10.0 Å². The first-order valence-electron chi connectivity index (χ1n) is 6.66. The van der Waals surface area contributed by atoms with E-state index in [1.807, 2.05) is 0 Å². The summed E-state index contributed by atoms with van der Waals surface area (Å²) >= 11 is 1.57. The van der Waals surface area contributed by atoms with Crippen LogP contribution in [0.3, 0.4) is 0 Å². The predicted octanol–water partition coefficient (Wildman–Crippen LogP) is 3.48. The molecular formula is C15H13F2NO2S2. The minimum absolute atomic E-state index is 0.00919. The van der Waals surface area contributed by atoms with E-state index in [1.165, 1.54) is 24.3 Å². The van der Waals surface area contributed by atoms with Crippen LogP contribution in [0.25, 0.3) is 0 Å². The number of thioether (sulfide) groups is 1. The van der Waals surface area contributed by atoms with Crippen molar-refractivity contribution in [3.63, 3.8) is 0 Å². The van der Waals surface area contributed by atoms with Crippen molar-refractivity contribution in [2.24, 2.45) is 0 Å². The molecule has 1 aliphatic rings. The molecule has 2 aromatic rings. The van der Waals surface area contributed by atoms with Crippen LogP contribution in [0.4, 0.5) is 8.78 Å². The lowest BCUT2D eigenvalue weighted by Crippen LogP contribution is -2.30. The van der Waals surface area contributed by atoms with Crippen LogP contribution in [0.5, 0.6) is 0 Å². The highest BCUT2D eigenvalue weighted by molar-refractivity contribution is 7.99. The molecule has 3 rings (SSSR count). The fourth-order valence-corrected chi connectivity index (χ4v) is 4.71. The van der Waals surface area contributed by atoms with E-state index < -0.39 is 27.7 Å². The number of hydrogen-bond acceptors (Lipinski definition) is 3. The summed E-state index contributed by atoms with van der Waals surface area (Å²) in [5, 5.41) is 0. The molecule has 3 nitrogen and oxygen atoms in total. The minimum Gasteiger partial charge on any atom is -0.207 e. The van der Waals surface area contributed by atoms with Crippen LogP contribution < -0.4 is 4.72 Å². The molecule has 0 unspecified atom stereocenters. The van der Waals surface area contributed by atoms with Gasteiger partial charge in [-0.2, -0.15) is 0 Å². The highest BCUT2D eigenvalue weighted by Crippen LogP contribution is 2.37. The van der Waals surface area contributed by atoms with E-state index in [9.17, 15) is 17.2 Å². The molecule has 0 spiro atoms. The lowest BCUT2D eigenvalue weighted by Gasteiger charge is -2.25. The third-order valence-corrected chi connectivity index (χ3v) is 6.04. The second-order valence-electron chi connectivity index (χ2n) is 4.95. The molecule has 1 atom stereocenters. The highest BCUT2D eigenvalue weighted by Gasteiger charge is 2.26. The van der Waals surface area contributed by atoms with E-state index in [1.54, 1.807) is 17.8 Å². The topological polar surface area (TPSA) is 46.2 Å². The van der Waals surface area contributed by atoms with E-state index >= 15 is 0 Å². The monoisotopic (exact) mass is 341 g/mol. The number of halogens is 2. The van der Waals surface area contributed by atoms with Gasteiger partial charge in [-0.25, -0.2) is 21.9 Å². The van der Waals surface area contributed by atoms with Gasteiger partial charge in [-0.3, -0.25) is 0 Å². The third kappa shape index (κ3) is 3.16. The van der Waals surface area contributed by atoms with E-state index in [-0.39, 0.29) is 4.90 Å². The summed E-state index contributed by atoms with van der Waals surface area (Å²) in [6.07, 6.45) is 0.571. The van der Waals surface area contributed by atoms with Crippen molar-refractivity contribution in [3.8, 4) is 0 Å². The summed E-state index contributed by atoms with van der Waals surface area (Å²) in [6, 6.07) is 8.51. The lowest BCUT2D eigenvalue weighted by atomic mass is 10.0. The second-order valence-corrected chi connectivity index (χ2v) is 7.80. The van der Waals surface area contributed by atoms with E-state index in [0.29, 0.717) is 12.0 Å². The summed E-state index contributed by atoms with van der Waals surface area (Å²) in [4.78, 5) is 0.865. The molecule has 0 aliphatic carbocycles. The van der Waals surface area contributed by atoms with Crippen molar-refractivity contribution < 1.29 is 17.2 Å². The van der Waals surface area contributed by atoms with Gasteiger partial charge in [-0.1, -0.05) is 0 Å². The standard InChI is InChI=1S/C15H13F2NO2S2/c16-10-1-4-12(5-2-10)22(19,20)18-14-7-8-21-15-6-3-11(17)9-13(14)15/h1-6,9,14,18H,7-8H2/t14-/m0/s1. The molecule has 0 aromatic heterocycles. The maximum absolute atomic E-state index is 13.4. The van der Waals surface area contributed by atoms with Gasteiger partial charge in [-0.15, -0.1) is 11.8 Å². The van der Waals surface area contributed by atoms with Gasteiger partial charge < -0.3 is 0 Å². The fourth-order valence-electron chi connectivity index (χ4n) is 2.36. The quantitative estimate of drug-likeness (QED) is 0.930. The third-order valence-electron chi connectivity index (χ3n) is 3.43. The maximum Gasteiger partial charge on any atom is 0.241 e. The largest absolute Gasteiger partial charge is 0.241 e. The molecule has 0 fully saturated rings. The zero-order valence-corrected chi connectivity index (χ0v) is 13.1. The minimum atomic E-state index is -3.78. The number of benzene rings is 2. The molecular weight excluding hydrogens is 328 g/mol. The predicted molar refractivity (Wildman–Crippen MR) is 81.2 cm³/mol. The molecule has 0 radical (unpaired) electrons. The Hall–Kier alpha value is -1.44. The molecule has 0 saturated heterocycles. The zero-order valence-electron chi connectivity index (χ0n) is 11.4. The molecule has 0 amide bonds. The summed E-state index contributed by atoms with van der Waals surface area (Å²) < 4.78 is 53.7. The first-order chi connectivity index (χ1) is 10.5. The van der Waals surface area contributed by atoms with Crippen molar-refractivity contribution in [2.75, 3.05) is 5.75 Å². The lowest BCUT2D eigenvalue weighted by molar-refractivity contribution is 0.541. The fraction of sp³-hybridized carbons (Fsp3) is 0.200. The summed E-state index contributed by atoms with van der Waals surface area (Å²) in [7, 11) is -3.78. The van der Waals surface area contributed by atoms with E-state index in [2.05, 4.69) is 4.72 Å². The smallest absolute Gasteiger partial charge is 0.207 e. The molecule has 22 heavy (non-hydrogen) atoms. The zero-order chi connectivity index (χ0) is 15.7. The van der Waals surface area contributed by atoms with E-state index in [0.717, 1.165) is 22.8 Å². The van der Waals surface area contributed by atoms with Crippen LogP contribution in [0, 0.1) is 11.6 Å². The van der Waals surface area contributed by atoms with Crippen molar-refractivity contribution in [2.45, 2.75) is 22.3 Å². The molecule has 0 saturated carbocycles. The van der Waals surface area contributed by atoms with Gasteiger partial charge in [-0.05, 0) is 60.2 Å². The number of nitrogens with one attached hydrogen (secondary N) is 1. The Morgan fingerprint density at radius 1 is 1.05 bits per heavy atom. The average molecular weight is 341 g/mol. The summed E-state index contributed by atoms with van der Waals surface area (Å²) in [5.74, 6) is -0.150. The molecule has 2 aromatic carbocycles. The Morgan fingerprint density at radius 3 is 2.45 bits per heavy atom. The number of fused-ring (bicyclic) bond motifs is 1. The molecule has 7 heteroatoms. The normalized spacial score (nSPS) is 18.0. The number of hydrogen-bond donors (Lipinski definition) is 1. The Bertz CT molecular complexity index is 792. The SMILES string of the molecule is O=S(=O)(N[C@H]1CCSc2ccc(F)cc21)c1ccc(F)cc1. The van der Waals surface area contributed by atoms with Crippen LogP contribution in [0.2, 0.25) is 0 Å². The molecule has 1 N–H and O–H groups in total. The van der Waals surface area contributed by atoms with Gasteiger partial charge in [0.15, 0.2) is 0 Å². The average Bonchev–Trinajstić information content (AvgIpc) is 2.48. The van der Waals surface area contributed by atoms with Gasteiger partial charge in [0.05, 0.1) is 4.90 Å². The first-order valence-corrected chi connectivity index (χ1v) is 9.13. The maximum atomic E-state index is 13.4. The summed E-state index contributed by atoms with van der Waals surface area (Å²) in [5.41, 5.74) is 0.641. The molecule has 1 aliphatic heterocycles. The van der Waals surface area contributed by atoms with Crippen LogP contribution in [0.15, 0.2) is 52.3 Å². The number of sulfonamides is 1. The second kappa shape index (κ2) is 5.98. The van der Waals surface area contributed by atoms with E-state index in [4.69, 9.17) is 0 Å². The first kappa shape index (κ1) is 15.5. The van der Waals surface area contributed by atoms with Gasteiger partial charge >= 0.3 is 0 Å². The molecule has 116 valence electrons. The number of rotatable bonds is 3.